The minimum atomic E-state index is -0.826. The van der Waals surface area contributed by atoms with Gasteiger partial charge in [-0.15, -0.1) is 5.10 Å². The number of benzene rings is 2. The fourth-order valence-electron chi connectivity index (χ4n) is 5.12. The van der Waals surface area contributed by atoms with Crippen molar-refractivity contribution >= 4 is 46.4 Å². The number of nitrogens with zero attached hydrogens (tertiary/aromatic N) is 4. The molecule has 0 N–H and O–H groups in total. The number of ether oxygens (including phenoxy) is 1. The van der Waals surface area contributed by atoms with E-state index in [-0.39, 0.29) is 24.3 Å². The van der Waals surface area contributed by atoms with Crippen LogP contribution in [0.25, 0.3) is 0 Å². The van der Waals surface area contributed by atoms with Crippen LogP contribution in [0.15, 0.2) is 53.6 Å². The largest absolute Gasteiger partial charge is 0.460 e. The molecule has 1 fully saturated rings. The molecule has 2 atom stereocenters. The molecule has 0 bridgehead atoms. The highest BCUT2D eigenvalue weighted by Crippen LogP contribution is 2.54. The lowest BCUT2D eigenvalue weighted by Gasteiger charge is -2.43. The molecule has 160 valence electrons. The summed E-state index contributed by atoms with van der Waals surface area (Å²) in [6.45, 7) is 2.01. The minimum Gasteiger partial charge on any atom is -0.460 e. The van der Waals surface area contributed by atoms with Gasteiger partial charge in [0.2, 0.25) is 11.7 Å². The molecule has 2 aromatic rings. The van der Waals surface area contributed by atoms with E-state index < -0.39 is 11.6 Å². The maximum Gasteiger partial charge on any atom is 0.376 e. The fourth-order valence-corrected chi connectivity index (χ4v) is 5.25. The Balaban J connectivity index is 1.78. The van der Waals surface area contributed by atoms with Crippen molar-refractivity contribution < 1.29 is 14.3 Å². The van der Waals surface area contributed by atoms with Crippen LogP contribution in [-0.4, -0.2) is 37.0 Å². The molecule has 1 aliphatic carbocycles. The van der Waals surface area contributed by atoms with Crippen molar-refractivity contribution in [3.8, 4) is 0 Å². The van der Waals surface area contributed by atoms with E-state index in [9.17, 15) is 9.59 Å². The normalized spacial score (nSPS) is 24.4. The molecule has 8 heteroatoms. The first-order valence-corrected chi connectivity index (χ1v) is 10.8. The van der Waals surface area contributed by atoms with E-state index in [2.05, 4.69) is 0 Å². The lowest BCUT2D eigenvalue weighted by Crippen LogP contribution is -2.61. The molecule has 1 saturated carbocycles. The van der Waals surface area contributed by atoms with Gasteiger partial charge in [0.25, 0.3) is 0 Å². The van der Waals surface area contributed by atoms with Crippen molar-refractivity contribution in [1.82, 2.24) is 0 Å². The van der Waals surface area contributed by atoms with E-state index in [4.69, 9.17) is 21.4 Å². The molecule has 3 aliphatic rings. The van der Waals surface area contributed by atoms with E-state index in [1.165, 1.54) is 0 Å². The highest BCUT2D eigenvalue weighted by atomic mass is 35.5. The van der Waals surface area contributed by atoms with Gasteiger partial charge in [-0.25, -0.2) is 9.80 Å². The van der Waals surface area contributed by atoms with Gasteiger partial charge in [0.1, 0.15) is 0 Å². The highest BCUT2D eigenvalue weighted by Gasteiger charge is 2.63. The molecule has 5 rings (SSSR count). The van der Waals surface area contributed by atoms with Crippen molar-refractivity contribution in [1.29, 1.82) is 0 Å². The second-order valence-corrected chi connectivity index (χ2v) is 8.41. The molecule has 0 saturated heterocycles. The summed E-state index contributed by atoms with van der Waals surface area (Å²) in [5.74, 6) is -0.655. The second-order valence-electron chi connectivity index (χ2n) is 7.98. The maximum absolute atomic E-state index is 13.6. The molecular weight excluding hydrogens is 416 g/mol. The summed E-state index contributed by atoms with van der Waals surface area (Å²) in [6.07, 6.45) is 2.24. The lowest BCUT2D eigenvalue weighted by molar-refractivity contribution is -0.135. The van der Waals surface area contributed by atoms with Gasteiger partial charge in [0.15, 0.2) is 5.66 Å². The topological polar surface area (TPSA) is 65.5 Å². The Kier molecular flexibility index (Phi) is 4.66. The zero-order valence-electron chi connectivity index (χ0n) is 17.4. The second kappa shape index (κ2) is 7.27. The summed E-state index contributed by atoms with van der Waals surface area (Å²) in [5.41, 5.74) is 1.46. The Labute approximate surface area is 185 Å². The summed E-state index contributed by atoms with van der Waals surface area (Å²) < 4.78 is 5.38. The van der Waals surface area contributed by atoms with Gasteiger partial charge in [-0.2, -0.15) is 0 Å². The van der Waals surface area contributed by atoms with Gasteiger partial charge in [-0.3, -0.25) is 9.69 Å². The van der Waals surface area contributed by atoms with Crippen LogP contribution < -0.4 is 14.8 Å². The molecule has 1 amide bonds. The molecule has 0 unspecified atom stereocenters. The third kappa shape index (κ3) is 2.76. The third-order valence-corrected chi connectivity index (χ3v) is 6.65. The number of amides is 1. The van der Waals surface area contributed by atoms with Crippen LogP contribution in [0.2, 0.25) is 5.02 Å². The molecule has 2 aromatic carbocycles. The highest BCUT2D eigenvalue weighted by molar-refractivity contribution is 6.43. The number of hydrogen-bond acceptors (Lipinski definition) is 6. The Morgan fingerprint density at radius 3 is 2.61 bits per heavy atom. The number of para-hydroxylation sites is 2. The van der Waals surface area contributed by atoms with Crippen molar-refractivity contribution in [2.75, 3.05) is 28.5 Å². The number of carbonyl (C=O) groups excluding carboxylic acids is 2. The Bertz CT molecular complexity index is 1090. The zero-order valence-corrected chi connectivity index (χ0v) is 18.2. The summed E-state index contributed by atoms with van der Waals surface area (Å²) in [4.78, 5) is 30.3. The predicted octanol–water partition coefficient (Wildman–Crippen LogP) is 4.02. The van der Waals surface area contributed by atoms with E-state index >= 15 is 0 Å². The van der Waals surface area contributed by atoms with Crippen LogP contribution >= 0.6 is 11.6 Å². The van der Waals surface area contributed by atoms with Gasteiger partial charge in [0, 0.05) is 12.1 Å². The van der Waals surface area contributed by atoms with Crippen molar-refractivity contribution in [3.63, 3.8) is 0 Å². The number of carbonyl (C=O) groups is 2. The first-order chi connectivity index (χ1) is 15.0. The summed E-state index contributed by atoms with van der Waals surface area (Å²) >= 11 is 6.12. The summed E-state index contributed by atoms with van der Waals surface area (Å²) in [7, 11) is 1.79. The van der Waals surface area contributed by atoms with Crippen LogP contribution in [0.5, 0.6) is 0 Å². The Morgan fingerprint density at radius 1 is 1.19 bits per heavy atom. The monoisotopic (exact) mass is 438 g/mol. The average molecular weight is 439 g/mol. The third-order valence-electron chi connectivity index (χ3n) is 6.40. The molecule has 2 heterocycles. The van der Waals surface area contributed by atoms with E-state index in [1.54, 1.807) is 31.0 Å². The number of fused-ring (bicyclic) bond motifs is 2. The van der Waals surface area contributed by atoms with E-state index in [0.29, 0.717) is 17.9 Å². The van der Waals surface area contributed by atoms with Crippen molar-refractivity contribution in [2.24, 2.45) is 11.0 Å². The van der Waals surface area contributed by atoms with Crippen molar-refractivity contribution in [3.05, 3.63) is 53.6 Å². The average Bonchev–Trinajstić information content (AvgIpc) is 3.34. The predicted molar refractivity (Wildman–Crippen MR) is 120 cm³/mol. The smallest absolute Gasteiger partial charge is 0.376 e. The Morgan fingerprint density at radius 2 is 1.90 bits per heavy atom. The molecule has 31 heavy (non-hydrogen) atoms. The molecule has 0 radical (unpaired) electrons. The van der Waals surface area contributed by atoms with Crippen molar-refractivity contribution in [2.45, 2.75) is 31.8 Å². The van der Waals surface area contributed by atoms with Gasteiger partial charge in [-0.05, 0) is 62.6 Å². The van der Waals surface area contributed by atoms with E-state index in [1.807, 2.05) is 46.3 Å². The number of amidine groups is 1. The molecule has 7 nitrogen and oxygen atoms in total. The molecule has 0 aromatic heterocycles. The van der Waals surface area contributed by atoms with Gasteiger partial charge >= 0.3 is 5.97 Å². The van der Waals surface area contributed by atoms with Crippen LogP contribution in [0, 0.1) is 5.92 Å². The standard InChI is InChI=1S/C23H23ClN4O3/c1-3-31-22(30)20-25-28(16-12-10-15(24)11-13-16)23-14-6-7-17(23)21(29)26(2)18-8-4-5-9-19(18)27(20)23/h4-5,8-13,17H,3,6-7,14H2,1-2H3/t17-,23+/m0/s1. The summed E-state index contributed by atoms with van der Waals surface area (Å²) in [6, 6.07) is 15.0. The minimum absolute atomic E-state index is 0.0201. The lowest BCUT2D eigenvalue weighted by atomic mass is 9.92. The van der Waals surface area contributed by atoms with Gasteiger partial charge in [0.05, 0.1) is 29.6 Å². The number of hydrazone groups is 1. The van der Waals surface area contributed by atoms with Crippen LogP contribution in [0.4, 0.5) is 17.1 Å². The number of halogens is 1. The number of hydrogen-bond donors (Lipinski definition) is 0. The molecule has 1 spiro atoms. The number of anilines is 3. The molecule has 2 aliphatic heterocycles. The van der Waals surface area contributed by atoms with Gasteiger partial charge in [-0.1, -0.05) is 23.7 Å². The van der Waals surface area contributed by atoms with Gasteiger partial charge < -0.3 is 9.64 Å². The zero-order chi connectivity index (χ0) is 21.8. The first-order valence-electron chi connectivity index (χ1n) is 10.5. The number of rotatable bonds is 3. The number of esters is 1. The van der Waals surface area contributed by atoms with Crippen LogP contribution in [0.3, 0.4) is 0 Å². The van der Waals surface area contributed by atoms with E-state index in [0.717, 1.165) is 23.5 Å². The SMILES string of the molecule is CCOC(=O)C1=NN(c2ccc(Cl)cc2)[C@]23CCC[C@H]2C(=O)N(C)c2ccccc2N13. The maximum atomic E-state index is 13.6. The Hall–Kier alpha value is -3.06. The quantitative estimate of drug-likeness (QED) is 0.677. The summed E-state index contributed by atoms with van der Waals surface area (Å²) in [5, 5.41) is 7.21. The first kappa shape index (κ1) is 19.9. The van der Waals surface area contributed by atoms with Crippen LogP contribution in [-0.2, 0) is 14.3 Å². The molecular formula is C23H23ClN4O3. The van der Waals surface area contributed by atoms with Crippen LogP contribution in [0.1, 0.15) is 26.2 Å². The fraction of sp³-hybridized carbons (Fsp3) is 0.348.